The molecule has 1 heterocycles. The Bertz CT molecular complexity index is 537. The van der Waals surface area contributed by atoms with Crippen LogP contribution in [0.5, 0.6) is 5.75 Å². The van der Waals surface area contributed by atoms with E-state index < -0.39 is 6.36 Å². The number of aliphatic imine (C=N–C) groups is 1. The van der Waals surface area contributed by atoms with E-state index in [9.17, 15) is 13.2 Å². The molecule has 136 valence electrons. The number of benzene rings is 1. The molecule has 6 nitrogen and oxygen atoms in total. The lowest BCUT2D eigenvalue weighted by atomic mass is 10.3. The SMILES string of the molecule is I.NC(=NCCN1CCOCC1)Nc1ccccc1OC(F)(F)F. The fraction of sp³-hybridized carbons (Fsp3) is 0.500. The lowest BCUT2D eigenvalue weighted by Gasteiger charge is -2.25. The van der Waals surface area contributed by atoms with Crippen LogP contribution in [0.2, 0.25) is 0 Å². The molecule has 0 spiro atoms. The highest BCUT2D eigenvalue weighted by atomic mass is 127. The predicted molar refractivity (Wildman–Crippen MR) is 95.9 cm³/mol. The van der Waals surface area contributed by atoms with E-state index in [0.29, 0.717) is 26.3 Å². The van der Waals surface area contributed by atoms with Crippen molar-refractivity contribution in [1.29, 1.82) is 0 Å². The zero-order valence-electron chi connectivity index (χ0n) is 12.9. The van der Waals surface area contributed by atoms with Crippen molar-refractivity contribution >= 4 is 35.6 Å². The Morgan fingerprint density at radius 3 is 2.62 bits per heavy atom. The highest BCUT2D eigenvalue weighted by Crippen LogP contribution is 2.29. The number of nitrogens with one attached hydrogen (secondary N) is 1. The van der Waals surface area contributed by atoms with Gasteiger partial charge in [0.15, 0.2) is 11.7 Å². The molecule has 0 unspecified atom stereocenters. The molecule has 0 amide bonds. The van der Waals surface area contributed by atoms with Gasteiger partial charge in [-0.15, -0.1) is 37.1 Å². The van der Waals surface area contributed by atoms with Crippen molar-refractivity contribution in [3.63, 3.8) is 0 Å². The van der Waals surface area contributed by atoms with Crippen molar-refractivity contribution in [3.8, 4) is 5.75 Å². The van der Waals surface area contributed by atoms with Crippen LogP contribution in [0, 0.1) is 0 Å². The zero-order chi connectivity index (χ0) is 16.7. The molecular weight excluding hydrogens is 440 g/mol. The second-order valence-electron chi connectivity index (χ2n) is 4.89. The molecule has 24 heavy (non-hydrogen) atoms. The van der Waals surface area contributed by atoms with Crippen LogP contribution < -0.4 is 15.8 Å². The number of halogens is 4. The fourth-order valence-electron chi connectivity index (χ4n) is 2.10. The van der Waals surface area contributed by atoms with Crippen LogP contribution >= 0.6 is 24.0 Å². The van der Waals surface area contributed by atoms with E-state index in [0.717, 1.165) is 13.1 Å². The molecule has 0 atom stereocenters. The van der Waals surface area contributed by atoms with Crippen LogP contribution in [0.1, 0.15) is 0 Å². The van der Waals surface area contributed by atoms with Gasteiger partial charge in [-0.05, 0) is 12.1 Å². The van der Waals surface area contributed by atoms with E-state index in [-0.39, 0.29) is 41.4 Å². The van der Waals surface area contributed by atoms with E-state index in [2.05, 4.69) is 19.9 Å². The number of rotatable bonds is 5. The number of morpholine rings is 1. The molecule has 10 heteroatoms. The summed E-state index contributed by atoms with van der Waals surface area (Å²) in [6, 6.07) is 5.66. The summed E-state index contributed by atoms with van der Waals surface area (Å²) in [6.45, 7) is 4.23. The molecule has 0 bridgehead atoms. The number of ether oxygens (including phenoxy) is 2. The highest BCUT2D eigenvalue weighted by Gasteiger charge is 2.32. The summed E-state index contributed by atoms with van der Waals surface area (Å²) in [4.78, 5) is 6.30. The molecule has 3 N–H and O–H groups in total. The number of alkyl halides is 3. The Morgan fingerprint density at radius 2 is 1.96 bits per heavy atom. The molecule has 1 saturated heterocycles. The summed E-state index contributed by atoms with van der Waals surface area (Å²) < 4.78 is 46.2. The summed E-state index contributed by atoms with van der Waals surface area (Å²) in [5.74, 6) is -0.317. The smallest absolute Gasteiger partial charge is 0.404 e. The summed E-state index contributed by atoms with van der Waals surface area (Å²) in [5, 5.41) is 2.63. The van der Waals surface area contributed by atoms with Crippen molar-refractivity contribution in [2.75, 3.05) is 44.7 Å². The quantitative estimate of drug-likeness (QED) is 0.401. The van der Waals surface area contributed by atoms with Gasteiger partial charge in [0, 0.05) is 19.6 Å². The van der Waals surface area contributed by atoms with Crippen LogP contribution in [0.25, 0.3) is 0 Å². The van der Waals surface area contributed by atoms with Crippen LogP contribution in [-0.2, 0) is 4.74 Å². The first kappa shape index (κ1) is 20.8. The van der Waals surface area contributed by atoms with Crippen LogP contribution in [0.15, 0.2) is 29.3 Å². The Balaban J connectivity index is 0.00000288. The molecule has 1 aliphatic heterocycles. The van der Waals surface area contributed by atoms with Crippen LogP contribution in [0.4, 0.5) is 18.9 Å². The van der Waals surface area contributed by atoms with Crippen LogP contribution in [0.3, 0.4) is 0 Å². The summed E-state index contributed by atoms with van der Waals surface area (Å²) in [7, 11) is 0. The lowest BCUT2D eigenvalue weighted by molar-refractivity contribution is -0.274. The molecule has 1 aromatic rings. The standard InChI is InChI=1S/C14H19F3N4O2.HI/c15-14(16,17)23-12-4-2-1-3-11(12)20-13(18)19-5-6-21-7-9-22-10-8-21;/h1-4H,5-10H2,(H3,18,19,20);1H. The third kappa shape index (κ3) is 7.53. The molecule has 0 aliphatic carbocycles. The molecular formula is C14H20F3IN4O2. The van der Waals surface area contributed by atoms with Crippen molar-refractivity contribution in [2.45, 2.75) is 6.36 Å². The maximum atomic E-state index is 12.3. The second kappa shape index (κ2) is 9.89. The van der Waals surface area contributed by atoms with Gasteiger partial charge in [-0.2, -0.15) is 0 Å². The maximum Gasteiger partial charge on any atom is 0.573 e. The fourth-order valence-corrected chi connectivity index (χ4v) is 2.10. The van der Waals surface area contributed by atoms with E-state index in [1.54, 1.807) is 6.07 Å². The molecule has 0 aromatic heterocycles. The van der Waals surface area contributed by atoms with Gasteiger partial charge in [0.25, 0.3) is 0 Å². The minimum Gasteiger partial charge on any atom is -0.404 e. The van der Waals surface area contributed by atoms with E-state index in [1.165, 1.54) is 18.2 Å². The summed E-state index contributed by atoms with van der Waals surface area (Å²) in [5.41, 5.74) is 5.82. The number of nitrogens with zero attached hydrogens (tertiary/aromatic N) is 2. The number of anilines is 1. The second-order valence-corrected chi connectivity index (χ2v) is 4.89. The minimum atomic E-state index is -4.76. The maximum absolute atomic E-state index is 12.3. The van der Waals surface area contributed by atoms with Gasteiger partial charge >= 0.3 is 6.36 Å². The largest absolute Gasteiger partial charge is 0.573 e. The Hall–Kier alpha value is -1.27. The summed E-state index contributed by atoms with van der Waals surface area (Å²) in [6.07, 6.45) is -4.76. The predicted octanol–water partition coefficient (Wildman–Crippen LogP) is 2.26. The molecule has 1 aliphatic rings. The van der Waals surface area contributed by atoms with Crippen molar-refractivity contribution in [3.05, 3.63) is 24.3 Å². The average molecular weight is 460 g/mol. The van der Waals surface area contributed by atoms with Gasteiger partial charge in [-0.25, -0.2) is 0 Å². The van der Waals surface area contributed by atoms with Gasteiger partial charge in [0.2, 0.25) is 0 Å². The molecule has 1 aromatic carbocycles. The number of nitrogens with two attached hydrogens (primary N) is 1. The monoisotopic (exact) mass is 460 g/mol. The first-order chi connectivity index (χ1) is 10.9. The number of para-hydroxylation sites is 2. The van der Waals surface area contributed by atoms with Crippen LogP contribution in [-0.4, -0.2) is 56.6 Å². The van der Waals surface area contributed by atoms with Crippen molar-refractivity contribution < 1.29 is 22.6 Å². The number of guanidine groups is 1. The van der Waals surface area contributed by atoms with Gasteiger partial charge in [0.1, 0.15) is 0 Å². The normalized spacial score (nSPS) is 16.4. The van der Waals surface area contributed by atoms with E-state index in [4.69, 9.17) is 10.5 Å². The van der Waals surface area contributed by atoms with E-state index in [1.807, 2.05) is 0 Å². The third-order valence-corrected chi connectivity index (χ3v) is 3.18. The van der Waals surface area contributed by atoms with Gasteiger partial charge < -0.3 is 20.5 Å². The Morgan fingerprint density at radius 1 is 1.29 bits per heavy atom. The van der Waals surface area contributed by atoms with Gasteiger partial charge in [-0.1, -0.05) is 12.1 Å². The molecule has 2 rings (SSSR count). The number of hydrogen-bond donors (Lipinski definition) is 2. The zero-order valence-corrected chi connectivity index (χ0v) is 15.2. The lowest BCUT2D eigenvalue weighted by Crippen LogP contribution is -2.38. The first-order valence-electron chi connectivity index (χ1n) is 7.16. The first-order valence-corrected chi connectivity index (χ1v) is 7.16. The van der Waals surface area contributed by atoms with Gasteiger partial charge in [0.05, 0.1) is 25.4 Å². The van der Waals surface area contributed by atoms with Crippen molar-refractivity contribution in [2.24, 2.45) is 10.7 Å². The highest BCUT2D eigenvalue weighted by molar-refractivity contribution is 14.0. The van der Waals surface area contributed by atoms with E-state index >= 15 is 0 Å². The van der Waals surface area contributed by atoms with Gasteiger partial charge in [-0.3, -0.25) is 9.89 Å². The topological polar surface area (TPSA) is 72.1 Å². The molecule has 0 saturated carbocycles. The summed E-state index contributed by atoms with van der Waals surface area (Å²) >= 11 is 0. The molecule has 0 radical (unpaired) electrons. The average Bonchev–Trinajstić information content (AvgIpc) is 2.49. The number of hydrogen-bond acceptors (Lipinski definition) is 4. The Labute approximate surface area is 155 Å². The third-order valence-electron chi connectivity index (χ3n) is 3.18. The Kier molecular flexibility index (Phi) is 8.56. The molecule has 1 fully saturated rings. The minimum absolute atomic E-state index is 0. The van der Waals surface area contributed by atoms with Crippen molar-refractivity contribution in [1.82, 2.24) is 4.90 Å².